The Bertz CT molecular complexity index is 510. The van der Waals surface area contributed by atoms with Crippen LogP contribution in [0, 0.1) is 0 Å². The number of benzene rings is 1. The molecule has 1 fully saturated rings. The van der Waals surface area contributed by atoms with Crippen molar-refractivity contribution in [3.05, 3.63) is 29.3 Å². The third-order valence-corrected chi connectivity index (χ3v) is 5.74. The van der Waals surface area contributed by atoms with Gasteiger partial charge in [0.05, 0.1) is 4.90 Å². The van der Waals surface area contributed by atoms with Gasteiger partial charge in [0.2, 0.25) is 10.0 Å². The Morgan fingerprint density at radius 3 is 2.37 bits per heavy atom. The lowest BCUT2D eigenvalue weighted by Crippen LogP contribution is -2.45. The number of hydrogen-bond donors (Lipinski definition) is 1. The highest BCUT2D eigenvalue weighted by Gasteiger charge is 2.30. The first-order valence-electron chi connectivity index (χ1n) is 6.54. The average molecular weight is 303 g/mol. The Balaban J connectivity index is 2.27. The second-order valence-corrected chi connectivity index (χ2v) is 6.97. The second kappa shape index (κ2) is 6.22. The van der Waals surface area contributed by atoms with E-state index in [1.54, 1.807) is 28.6 Å². The van der Waals surface area contributed by atoms with Gasteiger partial charge in [0.1, 0.15) is 0 Å². The van der Waals surface area contributed by atoms with Gasteiger partial charge in [-0.1, -0.05) is 18.5 Å². The summed E-state index contributed by atoms with van der Waals surface area (Å²) in [4.78, 5) is 0.317. The Morgan fingerprint density at radius 2 is 1.84 bits per heavy atom. The largest absolute Gasteiger partial charge is 0.317 e. The number of nitrogens with zero attached hydrogens (tertiary/aromatic N) is 1. The smallest absolute Gasteiger partial charge is 0.243 e. The fourth-order valence-corrected chi connectivity index (χ4v) is 4.28. The van der Waals surface area contributed by atoms with Crippen molar-refractivity contribution in [3.63, 3.8) is 0 Å². The van der Waals surface area contributed by atoms with Gasteiger partial charge < -0.3 is 5.32 Å². The SMILES string of the molecule is CCN(C1CCNCC1)S(=O)(=O)c1ccc(Cl)cc1. The minimum Gasteiger partial charge on any atom is -0.317 e. The molecule has 0 bridgehead atoms. The summed E-state index contributed by atoms with van der Waals surface area (Å²) in [6.07, 6.45) is 1.72. The van der Waals surface area contributed by atoms with E-state index in [0.717, 1.165) is 25.9 Å². The lowest BCUT2D eigenvalue weighted by Gasteiger charge is -2.32. The van der Waals surface area contributed by atoms with Gasteiger partial charge in [0.25, 0.3) is 0 Å². The van der Waals surface area contributed by atoms with Gasteiger partial charge in [-0.3, -0.25) is 0 Å². The first-order chi connectivity index (χ1) is 9.05. The fourth-order valence-electron chi connectivity index (χ4n) is 2.46. The quantitative estimate of drug-likeness (QED) is 0.926. The van der Waals surface area contributed by atoms with Crippen molar-refractivity contribution in [1.82, 2.24) is 9.62 Å². The molecule has 1 saturated heterocycles. The average Bonchev–Trinajstić information content (AvgIpc) is 2.41. The third-order valence-electron chi connectivity index (χ3n) is 3.45. The molecule has 19 heavy (non-hydrogen) atoms. The topological polar surface area (TPSA) is 49.4 Å². The molecular formula is C13H19ClN2O2S. The minimum atomic E-state index is -3.42. The van der Waals surface area contributed by atoms with Crippen molar-refractivity contribution in [2.75, 3.05) is 19.6 Å². The monoisotopic (exact) mass is 302 g/mol. The van der Waals surface area contributed by atoms with Crippen LogP contribution in [0.15, 0.2) is 29.2 Å². The van der Waals surface area contributed by atoms with E-state index in [1.165, 1.54) is 0 Å². The normalized spacial score (nSPS) is 17.8. The molecule has 1 aromatic rings. The minimum absolute atomic E-state index is 0.0897. The van der Waals surface area contributed by atoms with Gasteiger partial charge in [0.15, 0.2) is 0 Å². The first-order valence-corrected chi connectivity index (χ1v) is 8.35. The molecule has 0 saturated carbocycles. The molecule has 1 aliphatic rings. The number of nitrogens with one attached hydrogen (secondary N) is 1. The van der Waals surface area contributed by atoms with E-state index in [4.69, 9.17) is 11.6 Å². The molecule has 0 unspecified atom stereocenters. The molecule has 0 atom stereocenters. The van der Waals surface area contributed by atoms with Crippen LogP contribution in [0.5, 0.6) is 0 Å². The predicted octanol–water partition coefficient (Wildman–Crippen LogP) is 2.10. The summed E-state index contributed by atoms with van der Waals surface area (Å²) in [6, 6.07) is 6.46. The highest BCUT2D eigenvalue weighted by atomic mass is 35.5. The van der Waals surface area contributed by atoms with E-state index in [2.05, 4.69) is 5.32 Å². The van der Waals surface area contributed by atoms with Crippen LogP contribution in [-0.2, 0) is 10.0 Å². The van der Waals surface area contributed by atoms with Gasteiger partial charge in [-0.2, -0.15) is 4.31 Å². The van der Waals surface area contributed by atoms with Crippen molar-refractivity contribution in [3.8, 4) is 0 Å². The molecule has 1 aliphatic heterocycles. The van der Waals surface area contributed by atoms with E-state index in [0.29, 0.717) is 16.5 Å². The predicted molar refractivity (Wildman–Crippen MR) is 76.9 cm³/mol. The summed E-state index contributed by atoms with van der Waals surface area (Å²) in [5, 5.41) is 3.80. The van der Waals surface area contributed by atoms with Crippen LogP contribution in [-0.4, -0.2) is 38.4 Å². The summed E-state index contributed by atoms with van der Waals surface area (Å²) >= 11 is 5.81. The van der Waals surface area contributed by atoms with Crippen LogP contribution < -0.4 is 5.32 Å². The van der Waals surface area contributed by atoms with E-state index in [1.807, 2.05) is 6.92 Å². The standard InChI is InChI=1S/C13H19ClN2O2S/c1-2-16(12-7-9-15-10-8-12)19(17,18)13-5-3-11(14)4-6-13/h3-6,12,15H,2,7-10H2,1H3. The number of sulfonamides is 1. The zero-order valence-electron chi connectivity index (χ0n) is 11.0. The maximum absolute atomic E-state index is 12.6. The van der Waals surface area contributed by atoms with Gasteiger partial charge in [0, 0.05) is 17.6 Å². The van der Waals surface area contributed by atoms with Crippen molar-refractivity contribution in [1.29, 1.82) is 0 Å². The van der Waals surface area contributed by atoms with Gasteiger partial charge in [-0.15, -0.1) is 0 Å². The summed E-state index contributed by atoms with van der Waals surface area (Å²) in [6.45, 7) is 4.12. The fraction of sp³-hybridized carbons (Fsp3) is 0.538. The second-order valence-electron chi connectivity index (χ2n) is 4.64. The Morgan fingerprint density at radius 1 is 1.26 bits per heavy atom. The molecule has 6 heteroatoms. The molecular weight excluding hydrogens is 284 g/mol. The Labute approximate surface area is 119 Å². The van der Waals surface area contributed by atoms with Crippen molar-refractivity contribution in [2.45, 2.75) is 30.7 Å². The van der Waals surface area contributed by atoms with Crippen molar-refractivity contribution in [2.24, 2.45) is 0 Å². The number of rotatable bonds is 4. The molecule has 4 nitrogen and oxygen atoms in total. The Kier molecular flexibility index (Phi) is 4.84. The molecule has 1 aromatic carbocycles. The summed E-state index contributed by atoms with van der Waals surface area (Å²) < 4.78 is 26.9. The van der Waals surface area contributed by atoms with Gasteiger partial charge in [-0.25, -0.2) is 8.42 Å². The third kappa shape index (κ3) is 3.28. The zero-order valence-corrected chi connectivity index (χ0v) is 12.5. The van der Waals surface area contributed by atoms with Crippen LogP contribution in [0.4, 0.5) is 0 Å². The maximum Gasteiger partial charge on any atom is 0.243 e. The number of hydrogen-bond acceptors (Lipinski definition) is 3. The summed E-state index contributed by atoms with van der Waals surface area (Å²) in [7, 11) is -3.42. The van der Waals surface area contributed by atoms with E-state index >= 15 is 0 Å². The van der Waals surface area contributed by atoms with Gasteiger partial charge >= 0.3 is 0 Å². The van der Waals surface area contributed by atoms with Crippen LogP contribution in [0.1, 0.15) is 19.8 Å². The zero-order chi connectivity index (χ0) is 13.9. The van der Waals surface area contributed by atoms with Crippen LogP contribution >= 0.6 is 11.6 Å². The Hall–Kier alpha value is -0.620. The molecule has 0 radical (unpaired) electrons. The first kappa shape index (κ1) is 14.8. The molecule has 0 spiro atoms. The molecule has 1 N–H and O–H groups in total. The molecule has 0 aromatic heterocycles. The lowest BCUT2D eigenvalue weighted by atomic mass is 10.1. The lowest BCUT2D eigenvalue weighted by molar-refractivity contribution is 0.271. The molecule has 106 valence electrons. The van der Waals surface area contributed by atoms with E-state index < -0.39 is 10.0 Å². The number of halogens is 1. The van der Waals surface area contributed by atoms with Crippen molar-refractivity contribution < 1.29 is 8.42 Å². The number of piperidine rings is 1. The molecule has 1 heterocycles. The van der Waals surface area contributed by atoms with Crippen LogP contribution in [0.3, 0.4) is 0 Å². The summed E-state index contributed by atoms with van der Waals surface area (Å²) in [5.74, 6) is 0. The van der Waals surface area contributed by atoms with Crippen molar-refractivity contribution >= 4 is 21.6 Å². The molecule has 0 aliphatic carbocycles. The highest BCUT2D eigenvalue weighted by Crippen LogP contribution is 2.23. The van der Waals surface area contributed by atoms with E-state index in [-0.39, 0.29) is 6.04 Å². The molecule has 0 amide bonds. The maximum atomic E-state index is 12.6. The summed E-state index contributed by atoms with van der Waals surface area (Å²) in [5.41, 5.74) is 0. The van der Waals surface area contributed by atoms with Crippen LogP contribution in [0.2, 0.25) is 5.02 Å². The molecule has 2 rings (SSSR count). The van der Waals surface area contributed by atoms with Gasteiger partial charge in [-0.05, 0) is 50.2 Å². The van der Waals surface area contributed by atoms with Crippen LogP contribution in [0.25, 0.3) is 0 Å². The highest BCUT2D eigenvalue weighted by molar-refractivity contribution is 7.89. The van der Waals surface area contributed by atoms with E-state index in [9.17, 15) is 8.42 Å².